The number of methoxy groups -OCH3 is 2. The Bertz CT molecular complexity index is 956. The van der Waals surface area contributed by atoms with Gasteiger partial charge in [-0.2, -0.15) is 0 Å². The third-order valence-corrected chi connectivity index (χ3v) is 7.13. The number of aromatic nitrogens is 1. The molecule has 1 aliphatic rings. The summed E-state index contributed by atoms with van der Waals surface area (Å²) in [7, 11) is 3.31. The predicted octanol–water partition coefficient (Wildman–Crippen LogP) is 4.77. The number of rotatable bonds is 6. The molecule has 0 spiro atoms. The summed E-state index contributed by atoms with van der Waals surface area (Å²) in [5.74, 6) is 2.10. The summed E-state index contributed by atoms with van der Waals surface area (Å²) in [5.41, 5.74) is 2.00. The number of carbonyl (C=O) groups excluding carboxylic acids is 1. The quantitative estimate of drug-likeness (QED) is 0.544. The lowest BCUT2D eigenvalue weighted by molar-refractivity contribution is -0.129. The van der Waals surface area contributed by atoms with E-state index in [1.165, 1.54) is 11.8 Å². The van der Waals surface area contributed by atoms with Gasteiger partial charge in [-0.1, -0.05) is 23.9 Å². The number of para-hydroxylation sites is 1. The summed E-state index contributed by atoms with van der Waals surface area (Å²) < 4.78 is 13.0. The minimum atomic E-state index is 0.0218. The summed E-state index contributed by atoms with van der Waals surface area (Å²) >= 11 is 3.15. The van der Waals surface area contributed by atoms with E-state index < -0.39 is 0 Å². The lowest BCUT2D eigenvalue weighted by atomic mass is 10.0. The molecule has 5 nitrogen and oxygen atoms in total. The molecule has 0 N–H and O–H groups in total. The maximum atomic E-state index is 13.0. The highest BCUT2D eigenvalue weighted by molar-refractivity contribution is 8.01. The van der Waals surface area contributed by atoms with Crippen LogP contribution in [0.1, 0.15) is 24.4 Å². The number of nitrogens with zero attached hydrogens (tertiary/aromatic N) is 2. The first kappa shape index (κ1) is 19.1. The van der Waals surface area contributed by atoms with Crippen LogP contribution in [0.5, 0.6) is 11.5 Å². The smallest absolute Gasteiger partial charge is 0.233 e. The van der Waals surface area contributed by atoms with E-state index in [-0.39, 0.29) is 11.9 Å². The zero-order valence-electron chi connectivity index (χ0n) is 15.9. The first-order chi connectivity index (χ1) is 13.7. The van der Waals surface area contributed by atoms with E-state index in [0.29, 0.717) is 5.75 Å². The van der Waals surface area contributed by atoms with Crippen LogP contribution < -0.4 is 9.47 Å². The molecule has 1 atom stereocenters. The summed E-state index contributed by atoms with van der Waals surface area (Å²) in [4.78, 5) is 19.6. The van der Waals surface area contributed by atoms with E-state index in [4.69, 9.17) is 9.47 Å². The standard InChI is InChI=1S/C21H22N2O3S2/c1-25-14-9-10-18(26-2)15(12-14)17-7-5-11-23(17)20(24)13-27-21-22-16-6-3-4-8-19(16)28-21/h3-4,6,8-10,12,17H,5,7,11,13H2,1-2H3/t17-/m0/s1. The molecule has 1 amide bonds. The van der Waals surface area contributed by atoms with E-state index in [0.717, 1.165) is 51.0 Å². The number of likely N-dealkylation sites (tertiary alicyclic amines) is 1. The van der Waals surface area contributed by atoms with Gasteiger partial charge in [-0.15, -0.1) is 11.3 Å². The number of carbonyl (C=O) groups is 1. The van der Waals surface area contributed by atoms with Crippen LogP contribution in [0.3, 0.4) is 0 Å². The van der Waals surface area contributed by atoms with Crippen molar-refractivity contribution in [1.82, 2.24) is 9.88 Å². The topological polar surface area (TPSA) is 51.7 Å². The maximum Gasteiger partial charge on any atom is 0.233 e. The first-order valence-electron chi connectivity index (χ1n) is 9.19. The second kappa shape index (κ2) is 8.41. The minimum Gasteiger partial charge on any atom is -0.497 e. The summed E-state index contributed by atoms with van der Waals surface area (Å²) in [6, 6.07) is 13.9. The molecule has 1 aliphatic heterocycles. The summed E-state index contributed by atoms with van der Waals surface area (Å²) in [6.07, 6.45) is 1.92. The Hall–Kier alpha value is -2.25. The molecule has 7 heteroatoms. The Morgan fingerprint density at radius 1 is 1.25 bits per heavy atom. The number of fused-ring (bicyclic) bond motifs is 1. The normalized spacial score (nSPS) is 16.5. The van der Waals surface area contributed by atoms with Gasteiger partial charge in [0.25, 0.3) is 0 Å². The van der Waals surface area contributed by atoms with Crippen LogP contribution in [-0.2, 0) is 4.79 Å². The van der Waals surface area contributed by atoms with Crippen molar-refractivity contribution >= 4 is 39.2 Å². The van der Waals surface area contributed by atoms with E-state index in [1.807, 2.05) is 41.3 Å². The number of hydrogen-bond donors (Lipinski definition) is 0. The van der Waals surface area contributed by atoms with Crippen molar-refractivity contribution in [3.8, 4) is 11.5 Å². The number of benzene rings is 2. The Morgan fingerprint density at radius 3 is 2.89 bits per heavy atom. The second-order valence-electron chi connectivity index (χ2n) is 6.59. The van der Waals surface area contributed by atoms with Gasteiger partial charge in [-0.25, -0.2) is 4.98 Å². The largest absolute Gasteiger partial charge is 0.497 e. The van der Waals surface area contributed by atoms with Crippen LogP contribution in [0.25, 0.3) is 10.2 Å². The summed E-state index contributed by atoms with van der Waals surface area (Å²) in [5, 5.41) is 0. The molecular weight excluding hydrogens is 392 g/mol. The van der Waals surface area contributed by atoms with Gasteiger partial charge < -0.3 is 14.4 Å². The molecule has 2 heterocycles. The molecule has 0 unspecified atom stereocenters. The highest BCUT2D eigenvalue weighted by atomic mass is 32.2. The third kappa shape index (κ3) is 3.82. The number of amides is 1. The van der Waals surface area contributed by atoms with Crippen LogP contribution in [0.4, 0.5) is 0 Å². The van der Waals surface area contributed by atoms with Crippen molar-refractivity contribution in [1.29, 1.82) is 0 Å². The number of ether oxygens (including phenoxy) is 2. The highest BCUT2D eigenvalue weighted by Gasteiger charge is 2.32. The van der Waals surface area contributed by atoms with Crippen molar-refractivity contribution < 1.29 is 14.3 Å². The van der Waals surface area contributed by atoms with Crippen LogP contribution in [-0.4, -0.2) is 42.3 Å². The van der Waals surface area contributed by atoms with Crippen LogP contribution in [0.15, 0.2) is 46.8 Å². The molecular formula is C21H22N2O3S2. The zero-order valence-corrected chi connectivity index (χ0v) is 17.5. The molecule has 146 valence electrons. The maximum absolute atomic E-state index is 13.0. The molecule has 0 bridgehead atoms. The Labute approximate surface area is 172 Å². The molecule has 0 radical (unpaired) electrons. The van der Waals surface area contributed by atoms with Crippen molar-refractivity contribution in [2.45, 2.75) is 23.2 Å². The van der Waals surface area contributed by atoms with Gasteiger partial charge >= 0.3 is 0 Å². The molecule has 1 aromatic heterocycles. The zero-order chi connectivity index (χ0) is 19.5. The van der Waals surface area contributed by atoms with Crippen LogP contribution in [0.2, 0.25) is 0 Å². The number of hydrogen-bond acceptors (Lipinski definition) is 6. The van der Waals surface area contributed by atoms with Gasteiger partial charge in [-0.05, 0) is 43.2 Å². The molecule has 1 fully saturated rings. The predicted molar refractivity (Wildman–Crippen MR) is 114 cm³/mol. The second-order valence-corrected chi connectivity index (χ2v) is 8.84. The molecule has 1 saturated heterocycles. The van der Waals surface area contributed by atoms with Crippen LogP contribution >= 0.6 is 23.1 Å². The molecule has 28 heavy (non-hydrogen) atoms. The Morgan fingerprint density at radius 2 is 2.11 bits per heavy atom. The van der Waals surface area contributed by atoms with E-state index in [1.54, 1.807) is 25.6 Å². The fourth-order valence-corrected chi connectivity index (χ4v) is 5.56. The van der Waals surface area contributed by atoms with Crippen molar-refractivity contribution in [3.63, 3.8) is 0 Å². The molecule has 2 aromatic carbocycles. The van der Waals surface area contributed by atoms with Gasteiger partial charge in [-0.3, -0.25) is 4.79 Å². The average Bonchev–Trinajstić information content (AvgIpc) is 3.38. The van der Waals surface area contributed by atoms with Gasteiger partial charge in [0.05, 0.1) is 36.2 Å². The molecule has 0 saturated carbocycles. The SMILES string of the molecule is COc1ccc(OC)c([C@@H]2CCCN2C(=O)CSc2nc3ccccc3s2)c1. The highest BCUT2D eigenvalue weighted by Crippen LogP contribution is 2.39. The van der Waals surface area contributed by atoms with Crippen molar-refractivity contribution in [3.05, 3.63) is 48.0 Å². The fraction of sp³-hybridized carbons (Fsp3) is 0.333. The van der Waals surface area contributed by atoms with Gasteiger partial charge in [0.1, 0.15) is 11.5 Å². The van der Waals surface area contributed by atoms with E-state index in [9.17, 15) is 4.79 Å². The molecule has 0 aliphatic carbocycles. The van der Waals surface area contributed by atoms with Crippen molar-refractivity contribution in [2.24, 2.45) is 0 Å². The first-order valence-corrected chi connectivity index (χ1v) is 11.0. The van der Waals surface area contributed by atoms with Gasteiger partial charge in [0, 0.05) is 12.1 Å². The van der Waals surface area contributed by atoms with E-state index >= 15 is 0 Å². The fourth-order valence-electron chi connectivity index (χ4n) is 3.61. The minimum absolute atomic E-state index is 0.0218. The summed E-state index contributed by atoms with van der Waals surface area (Å²) in [6.45, 7) is 0.768. The third-order valence-electron chi connectivity index (χ3n) is 4.96. The van der Waals surface area contributed by atoms with E-state index in [2.05, 4.69) is 11.1 Å². The van der Waals surface area contributed by atoms with Gasteiger partial charge in [0.15, 0.2) is 4.34 Å². The monoisotopic (exact) mass is 414 g/mol. The Balaban J connectivity index is 1.49. The number of thiazole rings is 1. The Kier molecular flexibility index (Phi) is 5.73. The average molecular weight is 415 g/mol. The number of thioether (sulfide) groups is 1. The van der Waals surface area contributed by atoms with Gasteiger partial charge in [0.2, 0.25) is 5.91 Å². The molecule has 4 rings (SSSR count). The van der Waals surface area contributed by atoms with Crippen molar-refractivity contribution in [2.75, 3.05) is 26.5 Å². The molecule has 3 aromatic rings. The lowest BCUT2D eigenvalue weighted by Gasteiger charge is -2.26. The lowest BCUT2D eigenvalue weighted by Crippen LogP contribution is -2.32. The van der Waals surface area contributed by atoms with Crippen LogP contribution in [0, 0.1) is 0 Å².